The van der Waals surface area contributed by atoms with E-state index in [1.807, 2.05) is 0 Å². The standard InChI is InChI=1S/C13H19N3O4S.ClH/c1-9-6-12(16(17)18)13(7-10(9)2)21(19,20)15-11-4-3-5-14-8-11;/h6-7,11,14-15H,3-5,8H2,1-2H3;1H. The highest BCUT2D eigenvalue weighted by Crippen LogP contribution is 2.27. The predicted molar refractivity (Wildman–Crippen MR) is 86.0 cm³/mol. The third-order valence-corrected chi connectivity index (χ3v) is 5.23. The molecular weight excluding hydrogens is 330 g/mol. The topological polar surface area (TPSA) is 101 Å². The van der Waals surface area contributed by atoms with E-state index in [4.69, 9.17) is 0 Å². The number of hydrogen-bond donors (Lipinski definition) is 2. The number of nitro benzene ring substituents is 1. The monoisotopic (exact) mass is 349 g/mol. The van der Waals surface area contributed by atoms with Crippen molar-refractivity contribution in [2.75, 3.05) is 13.1 Å². The molecule has 0 amide bonds. The zero-order valence-electron chi connectivity index (χ0n) is 12.5. The van der Waals surface area contributed by atoms with Crippen molar-refractivity contribution >= 4 is 28.1 Å². The average molecular weight is 350 g/mol. The van der Waals surface area contributed by atoms with Crippen LogP contribution in [0.5, 0.6) is 0 Å². The summed E-state index contributed by atoms with van der Waals surface area (Å²) in [5, 5.41) is 14.2. The van der Waals surface area contributed by atoms with Gasteiger partial charge in [0.1, 0.15) is 0 Å². The van der Waals surface area contributed by atoms with Gasteiger partial charge in [-0.3, -0.25) is 10.1 Å². The molecule has 9 heteroatoms. The van der Waals surface area contributed by atoms with Crippen LogP contribution < -0.4 is 10.0 Å². The van der Waals surface area contributed by atoms with Gasteiger partial charge in [0.15, 0.2) is 4.90 Å². The first kappa shape index (κ1) is 18.8. The number of piperidine rings is 1. The molecule has 0 radical (unpaired) electrons. The van der Waals surface area contributed by atoms with Gasteiger partial charge >= 0.3 is 0 Å². The van der Waals surface area contributed by atoms with Gasteiger partial charge in [-0.2, -0.15) is 0 Å². The molecule has 1 aliphatic rings. The van der Waals surface area contributed by atoms with Crippen molar-refractivity contribution in [2.24, 2.45) is 0 Å². The Balaban J connectivity index is 0.00000242. The zero-order chi connectivity index (χ0) is 15.6. The summed E-state index contributed by atoms with van der Waals surface area (Å²) in [6.07, 6.45) is 1.60. The molecule has 0 saturated carbocycles. The molecule has 1 heterocycles. The minimum atomic E-state index is -3.91. The highest BCUT2D eigenvalue weighted by Gasteiger charge is 2.29. The van der Waals surface area contributed by atoms with Crippen LogP contribution >= 0.6 is 12.4 Å². The predicted octanol–water partition coefficient (Wildman–Crippen LogP) is 1.66. The Kier molecular flexibility index (Phi) is 6.30. The van der Waals surface area contributed by atoms with Gasteiger partial charge in [-0.1, -0.05) is 0 Å². The Morgan fingerprint density at radius 2 is 1.95 bits per heavy atom. The van der Waals surface area contributed by atoms with Crippen LogP contribution in [-0.2, 0) is 10.0 Å². The van der Waals surface area contributed by atoms with E-state index < -0.39 is 14.9 Å². The number of benzene rings is 1. The van der Waals surface area contributed by atoms with E-state index in [9.17, 15) is 18.5 Å². The molecule has 2 rings (SSSR count). The molecule has 124 valence electrons. The first-order chi connectivity index (χ1) is 9.81. The number of sulfonamides is 1. The largest absolute Gasteiger partial charge is 0.315 e. The third kappa shape index (κ3) is 4.16. The summed E-state index contributed by atoms with van der Waals surface area (Å²) >= 11 is 0. The summed E-state index contributed by atoms with van der Waals surface area (Å²) in [4.78, 5) is 10.2. The quantitative estimate of drug-likeness (QED) is 0.636. The molecule has 7 nitrogen and oxygen atoms in total. The van der Waals surface area contributed by atoms with Gasteiger partial charge in [0.25, 0.3) is 5.69 Å². The second-order valence-electron chi connectivity index (χ2n) is 5.33. The Morgan fingerprint density at radius 1 is 1.32 bits per heavy atom. The molecule has 1 aromatic rings. The van der Waals surface area contributed by atoms with Crippen molar-refractivity contribution in [2.45, 2.75) is 37.6 Å². The van der Waals surface area contributed by atoms with Gasteiger partial charge in [-0.25, -0.2) is 13.1 Å². The van der Waals surface area contributed by atoms with E-state index in [1.54, 1.807) is 13.8 Å². The first-order valence-electron chi connectivity index (χ1n) is 6.80. The van der Waals surface area contributed by atoms with Gasteiger partial charge in [-0.15, -0.1) is 12.4 Å². The molecule has 1 aliphatic heterocycles. The minimum Gasteiger partial charge on any atom is -0.315 e. The maximum atomic E-state index is 12.4. The van der Waals surface area contributed by atoms with Crippen LogP contribution in [0.4, 0.5) is 5.69 Å². The minimum absolute atomic E-state index is 0. The van der Waals surface area contributed by atoms with Crippen LogP contribution in [0.25, 0.3) is 0 Å². The Labute approximate surface area is 136 Å². The van der Waals surface area contributed by atoms with Crippen molar-refractivity contribution in [3.63, 3.8) is 0 Å². The Morgan fingerprint density at radius 3 is 2.50 bits per heavy atom. The second kappa shape index (κ2) is 7.36. The lowest BCUT2D eigenvalue weighted by molar-refractivity contribution is -0.387. The summed E-state index contributed by atoms with van der Waals surface area (Å²) in [7, 11) is -3.91. The maximum Gasteiger partial charge on any atom is 0.289 e. The van der Waals surface area contributed by atoms with Crippen molar-refractivity contribution in [3.05, 3.63) is 33.4 Å². The van der Waals surface area contributed by atoms with Crippen molar-refractivity contribution < 1.29 is 13.3 Å². The van der Waals surface area contributed by atoms with Crippen LogP contribution in [0.15, 0.2) is 17.0 Å². The molecule has 1 atom stereocenters. The lowest BCUT2D eigenvalue weighted by Gasteiger charge is -2.23. The molecule has 2 N–H and O–H groups in total. The summed E-state index contributed by atoms with van der Waals surface area (Å²) in [6.45, 7) is 4.86. The molecule has 0 aromatic heterocycles. The molecule has 1 fully saturated rings. The highest BCUT2D eigenvalue weighted by molar-refractivity contribution is 7.89. The van der Waals surface area contributed by atoms with Crippen LogP contribution in [0.2, 0.25) is 0 Å². The maximum absolute atomic E-state index is 12.4. The molecule has 1 saturated heterocycles. The zero-order valence-corrected chi connectivity index (χ0v) is 14.1. The fraction of sp³-hybridized carbons (Fsp3) is 0.538. The van der Waals surface area contributed by atoms with Crippen LogP contribution in [0, 0.1) is 24.0 Å². The van der Waals surface area contributed by atoms with Crippen molar-refractivity contribution in [3.8, 4) is 0 Å². The molecule has 1 unspecified atom stereocenters. The van der Waals surface area contributed by atoms with E-state index in [-0.39, 0.29) is 29.0 Å². The lowest BCUT2D eigenvalue weighted by atomic mass is 10.1. The number of nitrogens with zero attached hydrogens (tertiary/aromatic N) is 1. The fourth-order valence-electron chi connectivity index (χ4n) is 2.37. The smallest absolute Gasteiger partial charge is 0.289 e. The lowest BCUT2D eigenvalue weighted by Crippen LogP contribution is -2.45. The molecule has 22 heavy (non-hydrogen) atoms. The number of aryl methyl sites for hydroxylation is 2. The summed E-state index contributed by atoms with van der Waals surface area (Å²) in [6, 6.07) is 2.44. The van der Waals surface area contributed by atoms with E-state index in [0.717, 1.165) is 19.4 Å². The van der Waals surface area contributed by atoms with Gasteiger partial charge < -0.3 is 5.32 Å². The Hall–Kier alpha value is -1.22. The van der Waals surface area contributed by atoms with E-state index in [2.05, 4.69) is 10.0 Å². The van der Waals surface area contributed by atoms with Gasteiger partial charge in [0.2, 0.25) is 10.0 Å². The summed E-state index contributed by atoms with van der Waals surface area (Å²) in [5.41, 5.74) is 1.03. The second-order valence-corrected chi connectivity index (χ2v) is 7.01. The number of nitrogens with one attached hydrogen (secondary N) is 2. The number of rotatable bonds is 4. The van der Waals surface area contributed by atoms with Crippen LogP contribution in [-0.4, -0.2) is 32.5 Å². The SMILES string of the molecule is Cc1cc([N+](=O)[O-])c(S(=O)(=O)NC2CCCNC2)cc1C.Cl. The summed E-state index contributed by atoms with van der Waals surface area (Å²) in [5.74, 6) is 0. The van der Waals surface area contributed by atoms with Gasteiger partial charge in [-0.05, 0) is 50.4 Å². The normalized spacial score (nSPS) is 18.5. The van der Waals surface area contributed by atoms with Crippen LogP contribution in [0.1, 0.15) is 24.0 Å². The van der Waals surface area contributed by atoms with Gasteiger partial charge in [0.05, 0.1) is 4.92 Å². The van der Waals surface area contributed by atoms with E-state index in [1.165, 1.54) is 12.1 Å². The molecular formula is C13H20ClN3O4S. The third-order valence-electron chi connectivity index (χ3n) is 3.68. The molecule has 0 aliphatic carbocycles. The van der Waals surface area contributed by atoms with E-state index >= 15 is 0 Å². The molecule has 0 spiro atoms. The van der Waals surface area contributed by atoms with Crippen LogP contribution in [0.3, 0.4) is 0 Å². The molecule has 1 aromatic carbocycles. The first-order valence-corrected chi connectivity index (χ1v) is 8.28. The average Bonchev–Trinajstić information content (AvgIpc) is 2.41. The van der Waals surface area contributed by atoms with E-state index in [0.29, 0.717) is 17.7 Å². The van der Waals surface area contributed by atoms with Gasteiger partial charge in [0, 0.05) is 18.7 Å². The number of nitro groups is 1. The van der Waals surface area contributed by atoms with Crippen molar-refractivity contribution in [1.82, 2.24) is 10.0 Å². The number of halogens is 1. The number of hydrogen-bond acceptors (Lipinski definition) is 5. The molecule has 0 bridgehead atoms. The Bertz CT molecular complexity index is 657. The fourth-order valence-corrected chi connectivity index (χ4v) is 3.88. The highest BCUT2D eigenvalue weighted by atomic mass is 35.5. The van der Waals surface area contributed by atoms with Crippen molar-refractivity contribution in [1.29, 1.82) is 0 Å². The summed E-state index contributed by atoms with van der Waals surface area (Å²) < 4.78 is 27.5.